The second-order valence-electron chi connectivity index (χ2n) is 5.25. The molecule has 0 fully saturated rings. The van der Waals surface area contributed by atoms with Crippen molar-refractivity contribution in [2.75, 3.05) is 12.3 Å². The molecule has 4 heteroatoms. The molecule has 1 atom stereocenters. The van der Waals surface area contributed by atoms with E-state index in [2.05, 4.69) is 26.1 Å². The molecule has 1 aromatic rings. The lowest BCUT2D eigenvalue weighted by atomic mass is 10.0. The van der Waals surface area contributed by atoms with Crippen LogP contribution in [-0.2, 0) is 0 Å². The van der Waals surface area contributed by atoms with Gasteiger partial charge in [0.25, 0.3) is 0 Å². The average molecular weight is 320 g/mol. The van der Waals surface area contributed by atoms with Crippen LogP contribution < -0.4 is 5.32 Å². The van der Waals surface area contributed by atoms with Crippen molar-refractivity contribution < 1.29 is 0 Å². The van der Waals surface area contributed by atoms with Crippen molar-refractivity contribution in [1.29, 1.82) is 0 Å². The maximum Gasteiger partial charge on any atom is 0.0603 e. The summed E-state index contributed by atoms with van der Waals surface area (Å²) in [6, 6.07) is 6.39. The lowest BCUT2D eigenvalue weighted by Gasteiger charge is -2.14. The number of thioether (sulfide) groups is 1. The number of rotatable bonds is 8. The molecular formula is C15H23Cl2NS. The van der Waals surface area contributed by atoms with Crippen molar-refractivity contribution in [2.45, 2.75) is 44.6 Å². The molecule has 0 aliphatic carbocycles. The van der Waals surface area contributed by atoms with Gasteiger partial charge in [0.2, 0.25) is 0 Å². The molecule has 1 rings (SSSR count). The van der Waals surface area contributed by atoms with Crippen molar-refractivity contribution >= 4 is 35.0 Å². The van der Waals surface area contributed by atoms with Gasteiger partial charge in [-0.3, -0.25) is 0 Å². The van der Waals surface area contributed by atoms with Crippen LogP contribution in [0.15, 0.2) is 23.1 Å². The van der Waals surface area contributed by atoms with E-state index in [0.29, 0.717) is 16.1 Å². The first-order chi connectivity index (χ1) is 8.99. The second-order valence-corrected chi connectivity index (χ2v) is 7.23. The predicted octanol–water partition coefficient (Wildman–Crippen LogP) is 5.50. The molecule has 0 heterocycles. The van der Waals surface area contributed by atoms with Crippen molar-refractivity contribution in [1.82, 2.24) is 5.32 Å². The fourth-order valence-corrected chi connectivity index (χ4v) is 2.91. The maximum atomic E-state index is 5.99. The van der Waals surface area contributed by atoms with E-state index in [9.17, 15) is 0 Å². The molecule has 19 heavy (non-hydrogen) atoms. The fourth-order valence-electron chi connectivity index (χ4n) is 1.73. The molecule has 0 spiro atoms. The van der Waals surface area contributed by atoms with Crippen LogP contribution in [0, 0.1) is 5.92 Å². The van der Waals surface area contributed by atoms with Gasteiger partial charge in [-0.1, -0.05) is 37.0 Å². The Hall–Kier alpha value is 0.110. The van der Waals surface area contributed by atoms with E-state index < -0.39 is 0 Å². The first kappa shape index (κ1) is 17.2. The minimum atomic E-state index is 0.594. The molecule has 0 bridgehead atoms. The van der Waals surface area contributed by atoms with E-state index in [1.54, 1.807) is 11.8 Å². The monoisotopic (exact) mass is 319 g/mol. The van der Waals surface area contributed by atoms with Crippen LogP contribution in [0.4, 0.5) is 0 Å². The summed E-state index contributed by atoms with van der Waals surface area (Å²) < 4.78 is 0. The molecule has 108 valence electrons. The third-order valence-corrected chi connectivity index (χ3v) is 4.67. The largest absolute Gasteiger partial charge is 0.313 e. The summed E-state index contributed by atoms with van der Waals surface area (Å²) in [7, 11) is 0. The van der Waals surface area contributed by atoms with Gasteiger partial charge < -0.3 is 5.32 Å². The molecule has 0 saturated carbocycles. The molecule has 0 amide bonds. The molecule has 1 aromatic carbocycles. The molecule has 0 aromatic heterocycles. The third-order valence-electron chi connectivity index (χ3n) is 2.93. The molecule has 0 aliphatic rings. The Morgan fingerprint density at radius 2 is 1.84 bits per heavy atom. The van der Waals surface area contributed by atoms with Crippen LogP contribution in [0.25, 0.3) is 0 Å². The molecule has 0 radical (unpaired) electrons. The second kappa shape index (κ2) is 9.12. The maximum absolute atomic E-state index is 5.99. The van der Waals surface area contributed by atoms with Crippen LogP contribution in [0.1, 0.15) is 33.6 Å². The summed E-state index contributed by atoms with van der Waals surface area (Å²) in [6.45, 7) is 7.82. The van der Waals surface area contributed by atoms with E-state index in [1.807, 2.05) is 18.2 Å². The van der Waals surface area contributed by atoms with Gasteiger partial charge in [-0.25, -0.2) is 0 Å². The zero-order chi connectivity index (χ0) is 14.3. The molecule has 1 unspecified atom stereocenters. The Bertz CT molecular complexity index is 382. The van der Waals surface area contributed by atoms with E-state index in [1.165, 1.54) is 17.7 Å². The molecule has 1 nitrogen and oxygen atoms in total. The van der Waals surface area contributed by atoms with Crippen LogP contribution in [0.2, 0.25) is 10.0 Å². The van der Waals surface area contributed by atoms with Gasteiger partial charge in [0.05, 0.1) is 10.0 Å². The normalized spacial score (nSPS) is 12.9. The Morgan fingerprint density at radius 3 is 2.47 bits per heavy atom. The highest BCUT2D eigenvalue weighted by molar-refractivity contribution is 7.99. The van der Waals surface area contributed by atoms with Gasteiger partial charge in [-0.15, -0.1) is 11.8 Å². The van der Waals surface area contributed by atoms with E-state index in [-0.39, 0.29) is 0 Å². The lowest BCUT2D eigenvalue weighted by molar-refractivity contribution is 0.460. The van der Waals surface area contributed by atoms with Crippen molar-refractivity contribution in [3.63, 3.8) is 0 Å². The van der Waals surface area contributed by atoms with Crippen molar-refractivity contribution in [3.8, 4) is 0 Å². The topological polar surface area (TPSA) is 12.0 Å². The first-order valence-corrected chi connectivity index (χ1v) is 8.54. The first-order valence-electron chi connectivity index (χ1n) is 6.80. The number of halogens is 2. The standard InChI is InChI=1S/C15H23Cl2NS/c1-11(2)4-5-12(3)18-8-9-19-13-6-7-14(16)15(17)10-13/h6-7,10-12,18H,4-5,8-9H2,1-3H3. The highest BCUT2D eigenvalue weighted by Gasteiger charge is 2.03. The predicted molar refractivity (Wildman–Crippen MR) is 88.7 cm³/mol. The Kier molecular flexibility index (Phi) is 8.24. The summed E-state index contributed by atoms with van der Waals surface area (Å²) in [6.07, 6.45) is 2.53. The van der Waals surface area contributed by atoms with Crippen LogP contribution >= 0.6 is 35.0 Å². The summed E-state index contributed by atoms with van der Waals surface area (Å²) in [5.41, 5.74) is 0. The molecule has 1 N–H and O–H groups in total. The van der Waals surface area contributed by atoms with Gasteiger partial charge in [0.1, 0.15) is 0 Å². The average Bonchev–Trinajstić information content (AvgIpc) is 2.36. The zero-order valence-electron chi connectivity index (χ0n) is 11.9. The van der Waals surface area contributed by atoms with Gasteiger partial charge in [-0.2, -0.15) is 0 Å². The number of benzene rings is 1. The van der Waals surface area contributed by atoms with Crippen LogP contribution in [0.3, 0.4) is 0 Å². The smallest absolute Gasteiger partial charge is 0.0603 e. The molecule has 0 aliphatic heterocycles. The van der Waals surface area contributed by atoms with Gasteiger partial charge >= 0.3 is 0 Å². The summed E-state index contributed by atoms with van der Waals surface area (Å²) >= 11 is 13.7. The quantitative estimate of drug-likeness (QED) is 0.501. The Labute approximate surface area is 131 Å². The minimum absolute atomic E-state index is 0.594. The van der Waals surface area contributed by atoms with Gasteiger partial charge in [0.15, 0.2) is 0 Å². The van der Waals surface area contributed by atoms with E-state index in [0.717, 1.165) is 18.2 Å². The van der Waals surface area contributed by atoms with Gasteiger partial charge in [-0.05, 0) is 43.9 Å². The highest BCUT2D eigenvalue weighted by atomic mass is 35.5. The number of nitrogens with one attached hydrogen (secondary N) is 1. The minimum Gasteiger partial charge on any atom is -0.313 e. The molecular weight excluding hydrogens is 297 g/mol. The number of hydrogen-bond acceptors (Lipinski definition) is 2. The van der Waals surface area contributed by atoms with Gasteiger partial charge in [0, 0.05) is 23.2 Å². The lowest BCUT2D eigenvalue weighted by Crippen LogP contribution is -2.28. The summed E-state index contributed by atoms with van der Waals surface area (Å²) in [5, 5.41) is 4.80. The van der Waals surface area contributed by atoms with Crippen LogP contribution in [-0.4, -0.2) is 18.3 Å². The summed E-state index contributed by atoms with van der Waals surface area (Å²) in [4.78, 5) is 1.17. The highest BCUT2D eigenvalue weighted by Crippen LogP contribution is 2.27. The van der Waals surface area contributed by atoms with Crippen molar-refractivity contribution in [2.24, 2.45) is 5.92 Å². The number of hydrogen-bond donors (Lipinski definition) is 1. The Balaban J connectivity index is 2.18. The summed E-state index contributed by atoms with van der Waals surface area (Å²) in [5.74, 6) is 1.83. The Morgan fingerprint density at radius 1 is 1.11 bits per heavy atom. The molecule has 0 saturated heterocycles. The zero-order valence-corrected chi connectivity index (χ0v) is 14.2. The third kappa shape index (κ3) is 7.45. The van der Waals surface area contributed by atoms with Crippen molar-refractivity contribution in [3.05, 3.63) is 28.2 Å². The van der Waals surface area contributed by atoms with Crippen LogP contribution in [0.5, 0.6) is 0 Å². The SMILES string of the molecule is CC(C)CCC(C)NCCSc1ccc(Cl)c(Cl)c1. The fraction of sp³-hybridized carbons (Fsp3) is 0.600. The van der Waals surface area contributed by atoms with E-state index in [4.69, 9.17) is 23.2 Å². The van der Waals surface area contributed by atoms with E-state index >= 15 is 0 Å².